The Labute approximate surface area is 189 Å². The number of hydrogen-bond acceptors (Lipinski definition) is 6. The first-order valence-corrected chi connectivity index (χ1v) is 10.4. The molecule has 0 amide bonds. The molecule has 156 valence electrons. The molecule has 0 N–H and O–H groups in total. The van der Waals surface area contributed by atoms with E-state index in [-0.39, 0.29) is 17.0 Å². The number of methoxy groups -OCH3 is 1. The Balaban J connectivity index is 2.28. The van der Waals surface area contributed by atoms with E-state index in [0.29, 0.717) is 26.8 Å². The number of nitro benzene ring substituents is 1. The highest BCUT2D eigenvalue weighted by molar-refractivity contribution is 9.10. The van der Waals surface area contributed by atoms with Gasteiger partial charge in [-0.05, 0) is 24.3 Å². The molecule has 10 heteroatoms. The summed E-state index contributed by atoms with van der Waals surface area (Å²) in [5.74, 6) is 0.510. The normalized spacial score (nSPS) is 11.9. The Kier molecular flexibility index (Phi) is 6.09. The summed E-state index contributed by atoms with van der Waals surface area (Å²) in [5, 5.41) is 16.1. The maximum absolute atomic E-state index is 13.2. The van der Waals surface area contributed by atoms with Gasteiger partial charge in [0, 0.05) is 26.0 Å². The summed E-state index contributed by atoms with van der Waals surface area (Å²) in [6.07, 6.45) is 1.36. The minimum atomic E-state index is -0.539. The maximum Gasteiger partial charge on any atom is 0.312 e. The van der Waals surface area contributed by atoms with Crippen LogP contribution in [-0.4, -0.2) is 27.9 Å². The molecule has 0 saturated heterocycles. The summed E-state index contributed by atoms with van der Waals surface area (Å²) in [6, 6.07) is 8.25. The first-order valence-electron chi connectivity index (χ1n) is 8.82. The minimum absolute atomic E-state index is 0.0498. The summed E-state index contributed by atoms with van der Waals surface area (Å²) < 4.78 is 7.69. The molecule has 0 fully saturated rings. The lowest BCUT2D eigenvalue weighted by Gasteiger charge is -2.21. The zero-order chi connectivity index (χ0) is 22.2. The second-order valence-electron chi connectivity index (χ2n) is 7.51. The largest absolute Gasteiger partial charge is 0.490 e. The first kappa shape index (κ1) is 22.1. The number of fused-ring (bicyclic) bond motifs is 1. The molecule has 0 spiro atoms. The van der Waals surface area contributed by atoms with Crippen molar-refractivity contribution in [2.24, 2.45) is 5.10 Å². The van der Waals surface area contributed by atoms with Crippen molar-refractivity contribution < 1.29 is 9.66 Å². The average molecular weight is 538 g/mol. The number of halogens is 2. The van der Waals surface area contributed by atoms with Gasteiger partial charge in [0.1, 0.15) is 5.82 Å². The van der Waals surface area contributed by atoms with Crippen LogP contribution in [0.2, 0.25) is 0 Å². The lowest BCUT2D eigenvalue weighted by Crippen LogP contribution is -2.29. The predicted molar refractivity (Wildman–Crippen MR) is 123 cm³/mol. The summed E-state index contributed by atoms with van der Waals surface area (Å²) in [7, 11) is 1.34. The van der Waals surface area contributed by atoms with E-state index < -0.39 is 10.3 Å². The molecule has 0 aliphatic rings. The Morgan fingerprint density at radius 2 is 1.90 bits per heavy atom. The van der Waals surface area contributed by atoms with Crippen LogP contribution in [0.1, 0.15) is 32.2 Å². The van der Waals surface area contributed by atoms with Crippen molar-refractivity contribution in [2.45, 2.75) is 26.2 Å². The van der Waals surface area contributed by atoms with Crippen molar-refractivity contribution in [1.29, 1.82) is 0 Å². The highest BCUT2D eigenvalue weighted by atomic mass is 79.9. The Morgan fingerprint density at radius 1 is 1.20 bits per heavy atom. The molecule has 30 heavy (non-hydrogen) atoms. The third kappa shape index (κ3) is 4.29. The highest BCUT2D eigenvalue weighted by Crippen LogP contribution is 2.33. The van der Waals surface area contributed by atoms with Gasteiger partial charge in [0.25, 0.3) is 5.56 Å². The van der Waals surface area contributed by atoms with Gasteiger partial charge in [-0.15, -0.1) is 0 Å². The van der Waals surface area contributed by atoms with E-state index >= 15 is 0 Å². The lowest BCUT2D eigenvalue weighted by molar-refractivity contribution is -0.385. The maximum atomic E-state index is 13.2. The molecule has 3 rings (SSSR count). The first-order chi connectivity index (χ1) is 14.0. The standard InChI is InChI=1S/C20H18Br2N4O4/c1-20(2,3)19-24-15-6-5-12(21)8-14(15)18(27)25(19)23-10-11-7-13(22)9-16(26(28)29)17(11)30-4/h5-10H,1-4H3. The SMILES string of the molecule is COc1c(C=Nn2c(C(C)(C)C)nc3ccc(Br)cc3c2=O)cc(Br)cc1[N+](=O)[O-]. The highest BCUT2D eigenvalue weighted by Gasteiger charge is 2.24. The summed E-state index contributed by atoms with van der Waals surface area (Å²) >= 11 is 6.64. The molecule has 0 bridgehead atoms. The van der Waals surface area contributed by atoms with E-state index in [9.17, 15) is 14.9 Å². The Bertz CT molecular complexity index is 1250. The van der Waals surface area contributed by atoms with Crippen molar-refractivity contribution >= 4 is 54.7 Å². The molecule has 0 unspecified atom stereocenters. The van der Waals surface area contributed by atoms with Crippen LogP contribution in [0.4, 0.5) is 5.69 Å². The van der Waals surface area contributed by atoms with Gasteiger partial charge in [-0.3, -0.25) is 14.9 Å². The van der Waals surface area contributed by atoms with Gasteiger partial charge in [0.05, 0.1) is 29.2 Å². The second kappa shape index (κ2) is 8.27. The van der Waals surface area contributed by atoms with E-state index in [2.05, 4.69) is 41.9 Å². The minimum Gasteiger partial charge on any atom is -0.490 e. The molecule has 1 aromatic heterocycles. The zero-order valence-electron chi connectivity index (χ0n) is 16.6. The van der Waals surface area contributed by atoms with E-state index in [1.807, 2.05) is 26.8 Å². The number of benzene rings is 2. The average Bonchev–Trinajstić information content (AvgIpc) is 2.66. The van der Waals surface area contributed by atoms with E-state index in [4.69, 9.17) is 4.74 Å². The van der Waals surface area contributed by atoms with Crippen molar-refractivity contribution in [3.63, 3.8) is 0 Å². The Hall–Kier alpha value is -2.59. The van der Waals surface area contributed by atoms with Crippen molar-refractivity contribution in [1.82, 2.24) is 9.66 Å². The van der Waals surface area contributed by atoms with Crippen molar-refractivity contribution in [3.05, 3.63) is 71.1 Å². The van der Waals surface area contributed by atoms with E-state index in [1.165, 1.54) is 24.1 Å². The van der Waals surface area contributed by atoms with Crippen LogP contribution >= 0.6 is 31.9 Å². The predicted octanol–water partition coefficient (Wildman–Crippen LogP) is 5.02. The molecule has 0 saturated carbocycles. The van der Waals surface area contributed by atoms with Crippen LogP contribution in [0.5, 0.6) is 5.75 Å². The molecule has 0 aliphatic heterocycles. The molecule has 8 nitrogen and oxygen atoms in total. The van der Waals surface area contributed by atoms with E-state index in [1.54, 1.807) is 18.2 Å². The third-order valence-corrected chi connectivity index (χ3v) is 5.21. The van der Waals surface area contributed by atoms with Crippen LogP contribution in [-0.2, 0) is 5.41 Å². The van der Waals surface area contributed by atoms with Crippen molar-refractivity contribution in [2.75, 3.05) is 7.11 Å². The van der Waals surface area contributed by atoms with Crippen LogP contribution < -0.4 is 10.3 Å². The van der Waals surface area contributed by atoms with Crippen LogP contribution in [0, 0.1) is 10.1 Å². The van der Waals surface area contributed by atoms with Crippen LogP contribution in [0.3, 0.4) is 0 Å². The fourth-order valence-electron chi connectivity index (χ4n) is 2.91. The van der Waals surface area contributed by atoms with Gasteiger partial charge < -0.3 is 4.74 Å². The van der Waals surface area contributed by atoms with Crippen LogP contribution in [0.25, 0.3) is 10.9 Å². The number of aromatic nitrogens is 2. The fraction of sp³-hybridized carbons (Fsp3) is 0.250. The molecule has 0 atom stereocenters. The van der Waals surface area contributed by atoms with Gasteiger partial charge in [0.2, 0.25) is 5.75 Å². The quantitative estimate of drug-likeness (QED) is 0.264. The van der Waals surface area contributed by atoms with E-state index in [0.717, 1.165) is 4.47 Å². The third-order valence-electron chi connectivity index (χ3n) is 4.26. The number of ether oxygens (including phenoxy) is 1. The molecular weight excluding hydrogens is 520 g/mol. The lowest BCUT2D eigenvalue weighted by atomic mass is 9.95. The Morgan fingerprint density at radius 3 is 2.50 bits per heavy atom. The molecular formula is C20H18Br2N4O4. The molecule has 3 aromatic rings. The molecule has 0 radical (unpaired) electrons. The van der Waals surface area contributed by atoms with Gasteiger partial charge in [-0.2, -0.15) is 9.78 Å². The van der Waals surface area contributed by atoms with Crippen LogP contribution in [0.15, 0.2) is 49.2 Å². The molecule has 1 heterocycles. The molecule has 2 aromatic carbocycles. The summed E-state index contributed by atoms with van der Waals surface area (Å²) in [4.78, 5) is 28.7. The fourth-order valence-corrected chi connectivity index (χ4v) is 3.74. The number of hydrogen-bond donors (Lipinski definition) is 0. The summed E-state index contributed by atoms with van der Waals surface area (Å²) in [5.41, 5.74) is -0.122. The van der Waals surface area contributed by atoms with Gasteiger partial charge in [0.15, 0.2) is 0 Å². The monoisotopic (exact) mass is 536 g/mol. The number of nitro groups is 1. The van der Waals surface area contributed by atoms with Gasteiger partial charge >= 0.3 is 5.69 Å². The van der Waals surface area contributed by atoms with Gasteiger partial charge in [-0.1, -0.05) is 52.6 Å². The number of rotatable bonds is 4. The topological polar surface area (TPSA) is 99.6 Å². The number of nitrogens with zero attached hydrogens (tertiary/aromatic N) is 4. The summed E-state index contributed by atoms with van der Waals surface area (Å²) in [6.45, 7) is 5.78. The smallest absolute Gasteiger partial charge is 0.312 e. The van der Waals surface area contributed by atoms with Gasteiger partial charge in [-0.25, -0.2) is 4.98 Å². The van der Waals surface area contributed by atoms with Crippen molar-refractivity contribution in [3.8, 4) is 5.75 Å². The second-order valence-corrected chi connectivity index (χ2v) is 9.34. The zero-order valence-corrected chi connectivity index (χ0v) is 19.8. The molecule has 0 aliphatic carbocycles.